The number of pyridine rings is 1. The fourth-order valence-corrected chi connectivity index (χ4v) is 3.78. The third-order valence-corrected chi connectivity index (χ3v) is 5.33. The van der Waals surface area contributed by atoms with Crippen LogP contribution in [0, 0.1) is 5.41 Å². The van der Waals surface area contributed by atoms with Crippen molar-refractivity contribution in [3.05, 3.63) is 22.8 Å². The van der Waals surface area contributed by atoms with Gasteiger partial charge in [0.2, 0.25) is 0 Å². The van der Waals surface area contributed by atoms with E-state index in [1.807, 2.05) is 13.0 Å². The summed E-state index contributed by atoms with van der Waals surface area (Å²) in [4.78, 5) is 19.1. The number of anilines is 1. The lowest BCUT2D eigenvalue weighted by Gasteiger charge is -2.45. The van der Waals surface area contributed by atoms with Gasteiger partial charge in [-0.25, -0.2) is 4.98 Å². The lowest BCUT2D eigenvalue weighted by molar-refractivity contribution is -0.119. The van der Waals surface area contributed by atoms with Gasteiger partial charge in [0.15, 0.2) is 5.78 Å². The normalized spacial score (nSPS) is 25.8. The zero-order chi connectivity index (χ0) is 15.2. The number of halogens is 1. The minimum absolute atomic E-state index is 0.0883. The number of hydrogen-bond acceptors (Lipinski definition) is 3. The number of ketones is 1. The topological polar surface area (TPSA) is 33.2 Å². The number of Topliss-reactive ketones (excluding diaryl/α,β-unsaturated/α-hetero) is 1. The van der Waals surface area contributed by atoms with Crippen LogP contribution in [-0.2, 0) is 11.2 Å². The summed E-state index contributed by atoms with van der Waals surface area (Å²) in [6.45, 7) is 6.67. The molecule has 1 aliphatic carbocycles. The summed E-state index contributed by atoms with van der Waals surface area (Å²) in [7, 11) is 0. The lowest BCUT2D eigenvalue weighted by atomic mass is 9.74. The van der Waals surface area contributed by atoms with E-state index < -0.39 is 0 Å². The number of hydrogen-bond donors (Lipinski definition) is 0. The van der Waals surface area contributed by atoms with Gasteiger partial charge in [0.05, 0.1) is 6.04 Å². The average molecular weight is 307 g/mol. The fraction of sp³-hybridized carbons (Fsp3) is 0.647. The minimum atomic E-state index is -0.0883. The SMILES string of the molecule is C[C@@H]1C(=O)Cc2ccc(Cl)nc2N1C1CCC(C)(C)CC1. The molecule has 1 atom stereocenters. The van der Waals surface area contributed by atoms with Crippen LogP contribution in [-0.4, -0.2) is 22.9 Å². The van der Waals surface area contributed by atoms with Crippen molar-refractivity contribution in [2.45, 2.75) is 65.0 Å². The smallest absolute Gasteiger partial charge is 0.159 e. The molecule has 1 saturated carbocycles. The molecule has 0 radical (unpaired) electrons. The van der Waals surface area contributed by atoms with Crippen molar-refractivity contribution in [3.63, 3.8) is 0 Å². The molecule has 2 aliphatic rings. The summed E-state index contributed by atoms with van der Waals surface area (Å²) in [5, 5.41) is 0.511. The maximum atomic E-state index is 12.3. The molecule has 0 amide bonds. The van der Waals surface area contributed by atoms with Gasteiger partial charge in [-0.1, -0.05) is 31.5 Å². The highest BCUT2D eigenvalue weighted by Gasteiger charge is 2.38. The van der Waals surface area contributed by atoms with Gasteiger partial charge in [-0.15, -0.1) is 0 Å². The third kappa shape index (κ3) is 2.80. The van der Waals surface area contributed by atoms with Gasteiger partial charge in [-0.3, -0.25) is 4.79 Å². The summed E-state index contributed by atoms with van der Waals surface area (Å²) in [5.74, 6) is 1.22. The van der Waals surface area contributed by atoms with Crippen LogP contribution in [0.3, 0.4) is 0 Å². The molecule has 1 fully saturated rings. The Labute approximate surface area is 131 Å². The van der Waals surface area contributed by atoms with E-state index in [0.717, 1.165) is 24.2 Å². The highest BCUT2D eigenvalue weighted by Crippen LogP contribution is 2.40. The van der Waals surface area contributed by atoms with E-state index in [4.69, 9.17) is 11.6 Å². The maximum Gasteiger partial charge on any atom is 0.159 e. The van der Waals surface area contributed by atoms with Gasteiger partial charge in [0.1, 0.15) is 11.0 Å². The molecular weight excluding hydrogens is 284 g/mol. The van der Waals surface area contributed by atoms with Crippen molar-refractivity contribution in [1.29, 1.82) is 0 Å². The second kappa shape index (κ2) is 5.28. The van der Waals surface area contributed by atoms with Gasteiger partial charge < -0.3 is 4.90 Å². The van der Waals surface area contributed by atoms with Crippen molar-refractivity contribution in [2.24, 2.45) is 5.41 Å². The van der Waals surface area contributed by atoms with Crippen LogP contribution in [0.15, 0.2) is 12.1 Å². The monoisotopic (exact) mass is 306 g/mol. The van der Waals surface area contributed by atoms with Gasteiger partial charge in [0.25, 0.3) is 0 Å². The summed E-state index contributed by atoms with van der Waals surface area (Å²) in [6, 6.07) is 4.05. The van der Waals surface area contributed by atoms with E-state index in [-0.39, 0.29) is 11.8 Å². The number of fused-ring (bicyclic) bond motifs is 1. The second-order valence-electron chi connectivity index (χ2n) is 7.24. The quantitative estimate of drug-likeness (QED) is 0.735. The molecule has 1 aromatic heterocycles. The van der Waals surface area contributed by atoms with E-state index in [9.17, 15) is 4.79 Å². The Morgan fingerprint density at radius 3 is 2.62 bits per heavy atom. The first kappa shape index (κ1) is 14.8. The predicted molar refractivity (Wildman–Crippen MR) is 85.9 cm³/mol. The Morgan fingerprint density at radius 2 is 1.95 bits per heavy atom. The fourth-order valence-electron chi connectivity index (χ4n) is 3.64. The predicted octanol–water partition coefficient (Wildman–Crippen LogP) is 4.02. The van der Waals surface area contributed by atoms with Crippen molar-refractivity contribution < 1.29 is 4.79 Å². The zero-order valence-electron chi connectivity index (χ0n) is 13.0. The molecule has 1 aliphatic heterocycles. The summed E-state index contributed by atoms with van der Waals surface area (Å²) < 4.78 is 0. The molecule has 0 N–H and O–H groups in total. The molecule has 0 unspecified atom stereocenters. The van der Waals surface area contributed by atoms with Gasteiger partial charge >= 0.3 is 0 Å². The van der Waals surface area contributed by atoms with E-state index in [0.29, 0.717) is 23.0 Å². The van der Waals surface area contributed by atoms with E-state index in [2.05, 4.69) is 23.7 Å². The average Bonchev–Trinajstić information content (AvgIpc) is 2.42. The van der Waals surface area contributed by atoms with Crippen LogP contribution >= 0.6 is 11.6 Å². The molecule has 0 aromatic carbocycles. The third-order valence-electron chi connectivity index (χ3n) is 5.12. The Bertz CT molecular complexity index is 560. The first-order valence-electron chi connectivity index (χ1n) is 7.84. The van der Waals surface area contributed by atoms with Crippen molar-refractivity contribution >= 4 is 23.2 Å². The van der Waals surface area contributed by atoms with Crippen LogP contribution in [0.1, 0.15) is 52.0 Å². The van der Waals surface area contributed by atoms with Crippen molar-refractivity contribution in [2.75, 3.05) is 4.90 Å². The summed E-state index contributed by atoms with van der Waals surface area (Å²) in [5.41, 5.74) is 1.44. The number of nitrogens with zero attached hydrogens (tertiary/aromatic N) is 2. The molecular formula is C17H23ClN2O. The molecule has 3 rings (SSSR count). The number of carbonyl (C=O) groups is 1. The van der Waals surface area contributed by atoms with Crippen LogP contribution in [0.5, 0.6) is 0 Å². The van der Waals surface area contributed by atoms with Crippen molar-refractivity contribution in [3.8, 4) is 0 Å². The minimum Gasteiger partial charge on any atom is -0.344 e. The van der Waals surface area contributed by atoms with Gasteiger partial charge in [0, 0.05) is 18.0 Å². The van der Waals surface area contributed by atoms with Gasteiger partial charge in [-0.2, -0.15) is 0 Å². The van der Waals surface area contributed by atoms with Crippen LogP contribution in [0.2, 0.25) is 5.15 Å². The Morgan fingerprint density at radius 1 is 1.29 bits per heavy atom. The number of carbonyl (C=O) groups excluding carboxylic acids is 1. The molecule has 21 heavy (non-hydrogen) atoms. The lowest BCUT2D eigenvalue weighted by Crippen LogP contribution is -2.51. The van der Waals surface area contributed by atoms with Crippen molar-refractivity contribution in [1.82, 2.24) is 4.98 Å². The molecule has 0 spiro atoms. The first-order chi connectivity index (χ1) is 9.87. The standard InChI is InChI=1S/C17H23ClN2O/c1-11-14(21)10-12-4-5-15(18)19-16(12)20(11)13-6-8-17(2,3)9-7-13/h4-5,11,13H,6-10H2,1-3H3/t11-/m1/s1. The Balaban J connectivity index is 1.93. The highest BCUT2D eigenvalue weighted by molar-refractivity contribution is 6.29. The van der Waals surface area contributed by atoms with E-state index in [1.54, 1.807) is 6.07 Å². The van der Waals surface area contributed by atoms with Crippen LogP contribution in [0.4, 0.5) is 5.82 Å². The second-order valence-corrected chi connectivity index (χ2v) is 7.63. The number of rotatable bonds is 1. The maximum absolute atomic E-state index is 12.3. The Kier molecular flexibility index (Phi) is 3.73. The number of aromatic nitrogens is 1. The van der Waals surface area contributed by atoms with E-state index >= 15 is 0 Å². The van der Waals surface area contributed by atoms with Crippen LogP contribution in [0.25, 0.3) is 0 Å². The highest BCUT2D eigenvalue weighted by atomic mass is 35.5. The molecule has 1 aromatic rings. The van der Waals surface area contributed by atoms with Crippen LogP contribution < -0.4 is 4.90 Å². The molecule has 0 bridgehead atoms. The van der Waals surface area contributed by atoms with E-state index in [1.165, 1.54) is 12.8 Å². The molecule has 114 valence electrons. The summed E-state index contributed by atoms with van der Waals surface area (Å²) >= 11 is 6.09. The Hall–Kier alpha value is -1.09. The largest absolute Gasteiger partial charge is 0.344 e. The molecule has 0 saturated heterocycles. The molecule has 4 heteroatoms. The first-order valence-corrected chi connectivity index (χ1v) is 8.22. The van der Waals surface area contributed by atoms with Gasteiger partial charge in [-0.05, 0) is 44.1 Å². The zero-order valence-corrected chi connectivity index (χ0v) is 13.8. The molecule has 3 nitrogen and oxygen atoms in total. The molecule has 2 heterocycles. The summed E-state index contributed by atoms with van der Waals surface area (Å²) in [6.07, 6.45) is 5.13.